The Bertz CT molecular complexity index is 968. The summed E-state index contributed by atoms with van der Waals surface area (Å²) in [7, 11) is -3.99. The first-order chi connectivity index (χ1) is 14.0. The molecule has 0 aliphatic heterocycles. The molecule has 0 fully saturated rings. The van der Waals surface area contributed by atoms with Crippen molar-refractivity contribution in [3.63, 3.8) is 0 Å². The number of hydroxylamine groups is 1. The summed E-state index contributed by atoms with van der Waals surface area (Å²) in [6.07, 6.45) is -0.988. The highest BCUT2D eigenvalue weighted by Crippen LogP contribution is 2.23. The second-order valence-corrected chi connectivity index (χ2v) is 9.38. The fourth-order valence-electron chi connectivity index (χ4n) is 2.37. The summed E-state index contributed by atoms with van der Waals surface area (Å²) in [5.74, 6) is -0.850. The molecule has 30 heavy (non-hydrogen) atoms. The van der Waals surface area contributed by atoms with Gasteiger partial charge < -0.3 is 14.8 Å². The van der Waals surface area contributed by atoms with Gasteiger partial charge in [-0.3, -0.25) is 10.0 Å². The van der Waals surface area contributed by atoms with E-state index >= 15 is 0 Å². The summed E-state index contributed by atoms with van der Waals surface area (Å²) in [6.45, 7) is 4.84. The maximum atomic E-state index is 12.7. The molecule has 10 heteroatoms. The van der Waals surface area contributed by atoms with E-state index in [2.05, 4.69) is 5.32 Å². The lowest BCUT2D eigenvalue weighted by Crippen LogP contribution is -2.50. The normalized spacial score (nSPS) is 12.5. The number of para-hydroxylation sites is 1. The zero-order chi connectivity index (χ0) is 22.4. The quantitative estimate of drug-likeness (QED) is 0.449. The maximum Gasteiger partial charge on any atom is 0.408 e. The zero-order valence-corrected chi connectivity index (χ0v) is 17.6. The van der Waals surface area contributed by atoms with Crippen molar-refractivity contribution in [3.05, 3.63) is 54.6 Å². The summed E-state index contributed by atoms with van der Waals surface area (Å²) in [4.78, 5) is 23.7. The predicted octanol–water partition coefficient (Wildman–Crippen LogP) is 2.65. The maximum absolute atomic E-state index is 12.7. The predicted molar refractivity (Wildman–Crippen MR) is 108 cm³/mol. The molecule has 0 aliphatic rings. The van der Waals surface area contributed by atoms with Gasteiger partial charge in [0.1, 0.15) is 23.1 Å². The van der Waals surface area contributed by atoms with Crippen LogP contribution in [0.3, 0.4) is 0 Å². The molecule has 0 saturated carbocycles. The molecule has 3 N–H and O–H groups in total. The molecule has 0 aromatic heterocycles. The van der Waals surface area contributed by atoms with Crippen LogP contribution in [0.5, 0.6) is 11.5 Å². The van der Waals surface area contributed by atoms with E-state index in [9.17, 15) is 18.0 Å². The Balaban J connectivity index is 2.13. The van der Waals surface area contributed by atoms with Crippen molar-refractivity contribution in [2.45, 2.75) is 37.3 Å². The Hall–Kier alpha value is -3.11. The number of ether oxygens (including phenoxy) is 2. The number of hydrogen-bond donors (Lipinski definition) is 3. The van der Waals surface area contributed by atoms with Crippen LogP contribution in [0.15, 0.2) is 59.5 Å². The molecule has 2 aromatic carbocycles. The van der Waals surface area contributed by atoms with E-state index in [0.717, 1.165) is 0 Å². The number of benzene rings is 2. The van der Waals surface area contributed by atoms with Crippen molar-refractivity contribution in [2.75, 3.05) is 5.75 Å². The third-order valence-corrected chi connectivity index (χ3v) is 5.43. The van der Waals surface area contributed by atoms with Gasteiger partial charge in [0.25, 0.3) is 5.91 Å². The summed E-state index contributed by atoms with van der Waals surface area (Å²) in [5.41, 5.74) is 0.501. The Labute approximate surface area is 174 Å². The van der Waals surface area contributed by atoms with Crippen LogP contribution in [-0.2, 0) is 19.4 Å². The molecule has 0 aliphatic carbocycles. The van der Waals surface area contributed by atoms with Gasteiger partial charge in [-0.25, -0.2) is 18.7 Å². The average Bonchev–Trinajstić information content (AvgIpc) is 2.66. The smallest absolute Gasteiger partial charge is 0.408 e. The van der Waals surface area contributed by atoms with Crippen LogP contribution in [-0.4, -0.2) is 43.0 Å². The fourth-order valence-corrected chi connectivity index (χ4v) is 3.78. The molecule has 0 radical (unpaired) electrons. The van der Waals surface area contributed by atoms with Crippen LogP contribution >= 0.6 is 0 Å². The highest BCUT2D eigenvalue weighted by molar-refractivity contribution is 7.91. The molecule has 2 rings (SSSR count). The first-order valence-corrected chi connectivity index (χ1v) is 10.6. The third-order valence-electron chi connectivity index (χ3n) is 3.67. The van der Waals surface area contributed by atoms with Gasteiger partial charge in [-0.15, -0.1) is 0 Å². The highest BCUT2D eigenvalue weighted by atomic mass is 32.2. The standard InChI is InChI=1S/C20H24N2O7S/c1-20(2,3)29-19(24)21-17(18(23)22-25)13-30(26,27)16-11-9-15(10-12-16)28-14-7-5-4-6-8-14/h4-12,17,25H,13H2,1-3H3,(H,21,24)(H,22,23)/t17-/m0/s1. The van der Waals surface area contributed by atoms with Crippen LogP contribution in [0.2, 0.25) is 0 Å². The minimum Gasteiger partial charge on any atom is -0.457 e. The van der Waals surface area contributed by atoms with Crippen molar-refractivity contribution in [1.82, 2.24) is 10.8 Å². The number of nitrogens with one attached hydrogen (secondary N) is 2. The largest absolute Gasteiger partial charge is 0.457 e. The van der Waals surface area contributed by atoms with Gasteiger partial charge in [-0.2, -0.15) is 0 Å². The number of carbonyl (C=O) groups is 2. The molecular formula is C20H24N2O7S. The Morgan fingerprint density at radius 3 is 2.10 bits per heavy atom. The van der Waals surface area contributed by atoms with Gasteiger partial charge in [0.2, 0.25) is 0 Å². The first kappa shape index (κ1) is 23.2. The SMILES string of the molecule is CC(C)(C)OC(=O)N[C@@H](CS(=O)(=O)c1ccc(Oc2ccccc2)cc1)C(=O)NO. The van der Waals surface area contributed by atoms with Gasteiger partial charge in [-0.1, -0.05) is 18.2 Å². The van der Waals surface area contributed by atoms with Crippen molar-refractivity contribution >= 4 is 21.8 Å². The van der Waals surface area contributed by atoms with E-state index < -0.39 is 39.2 Å². The van der Waals surface area contributed by atoms with E-state index in [-0.39, 0.29) is 4.90 Å². The fraction of sp³-hybridized carbons (Fsp3) is 0.300. The van der Waals surface area contributed by atoms with E-state index in [1.807, 2.05) is 6.07 Å². The minimum absolute atomic E-state index is 0.0790. The summed E-state index contributed by atoms with van der Waals surface area (Å²) in [5, 5.41) is 11.0. The molecule has 0 heterocycles. The number of rotatable bonds is 7. The average molecular weight is 436 g/mol. The molecule has 0 spiro atoms. The minimum atomic E-state index is -3.99. The lowest BCUT2D eigenvalue weighted by Gasteiger charge is -2.22. The second-order valence-electron chi connectivity index (χ2n) is 7.34. The molecule has 0 unspecified atom stereocenters. The lowest BCUT2D eigenvalue weighted by atomic mass is 10.2. The molecule has 162 valence electrons. The topological polar surface area (TPSA) is 131 Å². The monoisotopic (exact) mass is 436 g/mol. The van der Waals surface area contributed by atoms with Gasteiger partial charge in [0.05, 0.1) is 10.6 Å². The summed E-state index contributed by atoms with van der Waals surface area (Å²) in [6, 6.07) is 13.0. The molecule has 9 nitrogen and oxygen atoms in total. The van der Waals surface area contributed by atoms with Crippen molar-refractivity contribution in [1.29, 1.82) is 0 Å². The molecule has 1 atom stereocenters. The van der Waals surface area contributed by atoms with Crippen LogP contribution in [0.1, 0.15) is 20.8 Å². The van der Waals surface area contributed by atoms with E-state index in [1.54, 1.807) is 45.0 Å². The molecular weight excluding hydrogens is 412 g/mol. The Morgan fingerprint density at radius 2 is 1.57 bits per heavy atom. The van der Waals surface area contributed by atoms with E-state index in [0.29, 0.717) is 11.5 Å². The lowest BCUT2D eigenvalue weighted by molar-refractivity contribution is -0.130. The second kappa shape index (κ2) is 9.59. The van der Waals surface area contributed by atoms with Crippen molar-refractivity contribution in [2.24, 2.45) is 0 Å². The van der Waals surface area contributed by atoms with Gasteiger partial charge >= 0.3 is 6.09 Å². The molecule has 2 aromatic rings. The summed E-state index contributed by atoms with van der Waals surface area (Å²) < 4.78 is 36.1. The van der Waals surface area contributed by atoms with E-state index in [1.165, 1.54) is 29.7 Å². The number of hydrogen-bond acceptors (Lipinski definition) is 7. The van der Waals surface area contributed by atoms with Crippen LogP contribution in [0.4, 0.5) is 4.79 Å². The molecule has 0 bridgehead atoms. The van der Waals surface area contributed by atoms with Gasteiger partial charge in [0, 0.05) is 0 Å². The van der Waals surface area contributed by atoms with Crippen LogP contribution < -0.4 is 15.5 Å². The number of carbonyl (C=O) groups excluding carboxylic acids is 2. The highest BCUT2D eigenvalue weighted by Gasteiger charge is 2.30. The number of sulfone groups is 1. The Kier molecular flexibility index (Phi) is 7.41. The van der Waals surface area contributed by atoms with Crippen LogP contribution in [0.25, 0.3) is 0 Å². The van der Waals surface area contributed by atoms with E-state index in [4.69, 9.17) is 14.7 Å². The van der Waals surface area contributed by atoms with Crippen molar-refractivity contribution in [3.8, 4) is 11.5 Å². The third kappa shape index (κ3) is 7.05. The molecule has 0 saturated heterocycles. The van der Waals surface area contributed by atoms with Gasteiger partial charge in [-0.05, 0) is 57.2 Å². The van der Waals surface area contributed by atoms with Crippen LogP contribution in [0, 0.1) is 0 Å². The number of amides is 2. The summed E-state index contributed by atoms with van der Waals surface area (Å²) >= 11 is 0. The van der Waals surface area contributed by atoms with Crippen molar-refractivity contribution < 1.29 is 32.7 Å². The number of alkyl carbamates (subject to hydrolysis) is 1. The molecule has 2 amide bonds. The first-order valence-electron chi connectivity index (χ1n) is 8.99. The Morgan fingerprint density at radius 1 is 1.00 bits per heavy atom. The zero-order valence-electron chi connectivity index (χ0n) is 16.8. The van der Waals surface area contributed by atoms with Gasteiger partial charge in [0.15, 0.2) is 9.84 Å².